The lowest BCUT2D eigenvalue weighted by molar-refractivity contribution is -0.188. The molecular weight excluding hydrogens is 307 g/mol. The van der Waals surface area contributed by atoms with E-state index in [2.05, 4.69) is 11.4 Å². The van der Waals surface area contributed by atoms with Crippen molar-refractivity contribution in [3.8, 4) is 11.8 Å². The number of methoxy groups -OCH3 is 1. The highest BCUT2D eigenvalue weighted by molar-refractivity contribution is 5.45. The number of nitriles is 1. The van der Waals surface area contributed by atoms with Crippen molar-refractivity contribution in [3.63, 3.8) is 0 Å². The molecule has 0 saturated carbocycles. The number of nitrogens with zero attached hydrogens (tertiary/aromatic N) is 2. The molecule has 1 heterocycles. The van der Waals surface area contributed by atoms with Crippen molar-refractivity contribution in [2.45, 2.75) is 37.6 Å². The zero-order valence-electron chi connectivity index (χ0n) is 13.2. The third-order valence-electron chi connectivity index (χ3n) is 4.19. The van der Waals surface area contributed by atoms with Gasteiger partial charge < -0.3 is 10.1 Å². The van der Waals surface area contributed by atoms with Crippen LogP contribution < -0.4 is 10.1 Å². The average molecular weight is 327 g/mol. The van der Waals surface area contributed by atoms with Crippen LogP contribution in [0.1, 0.15) is 24.0 Å². The molecule has 1 saturated heterocycles. The molecule has 1 aliphatic heterocycles. The summed E-state index contributed by atoms with van der Waals surface area (Å²) in [7, 11) is 3.01. The molecule has 1 fully saturated rings. The number of piperidine rings is 1. The third kappa shape index (κ3) is 4.36. The van der Waals surface area contributed by atoms with Gasteiger partial charge in [0.1, 0.15) is 17.9 Å². The first-order valence-corrected chi connectivity index (χ1v) is 7.42. The largest absolute Gasteiger partial charge is 0.495 e. The van der Waals surface area contributed by atoms with Crippen LogP contribution in [0.25, 0.3) is 0 Å². The van der Waals surface area contributed by atoms with E-state index in [1.807, 2.05) is 6.07 Å². The van der Waals surface area contributed by atoms with Crippen LogP contribution in [0.15, 0.2) is 18.2 Å². The van der Waals surface area contributed by atoms with Gasteiger partial charge in [-0.3, -0.25) is 4.90 Å². The molecule has 23 heavy (non-hydrogen) atoms. The first-order valence-electron chi connectivity index (χ1n) is 7.42. The van der Waals surface area contributed by atoms with Gasteiger partial charge >= 0.3 is 6.18 Å². The molecule has 1 N–H and O–H groups in total. The van der Waals surface area contributed by atoms with E-state index in [1.54, 1.807) is 12.1 Å². The van der Waals surface area contributed by atoms with Crippen molar-refractivity contribution in [3.05, 3.63) is 29.3 Å². The Morgan fingerprint density at radius 2 is 2.13 bits per heavy atom. The summed E-state index contributed by atoms with van der Waals surface area (Å²) in [6, 6.07) is 6.02. The highest BCUT2D eigenvalue weighted by Gasteiger charge is 2.44. The van der Waals surface area contributed by atoms with Gasteiger partial charge in [-0.1, -0.05) is 6.07 Å². The average Bonchev–Trinajstić information content (AvgIpc) is 2.51. The number of benzene rings is 1. The SMILES string of the molecule is COc1ccc(CNC2CCC(C(F)(F)F)N(C)C2)cc1C#N. The summed E-state index contributed by atoms with van der Waals surface area (Å²) in [5.74, 6) is 0.515. The molecule has 126 valence electrons. The Bertz CT molecular complexity index is 583. The summed E-state index contributed by atoms with van der Waals surface area (Å²) >= 11 is 0. The van der Waals surface area contributed by atoms with E-state index in [4.69, 9.17) is 10.00 Å². The number of likely N-dealkylation sites (tertiary alicyclic amines) is 1. The van der Waals surface area contributed by atoms with Gasteiger partial charge in [0.25, 0.3) is 0 Å². The van der Waals surface area contributed by atoms with Crippen molar-refractivity contribution < 1.29 is 17.9 Å². The van der Waals surface area contributed by atoms with E-state index >= 15 is 0 Å². The third-order valence-corrected chi connectivity index (χ3v) is 4.19. The van der Waals surface area contributed by atoms with E-state index in [-0.39, 0.29) is 12.5 Å². The number of hydrogen-bond acceptors (Lipinski definition) is 4. The number of likely N-dealkylation sites (N-methyl/N-ethyl adjacent to an activating group) is 1. The lowest BCUT2D eigenvalue weighted by Gasteiger charge is -2.38. The molecule has 1 aromatic rings. The Balaban J connectivity index is 1.92. The van der Waals surface area contributed by atoms with Crippen molar-refractivity contribution in [2.24, 2.45) is 0 Å². The first-order chi connectivity index (χ1) is 10.8. The summed E-state index contributed by atoms with van der Waals surface area (Å²) in [5.41, 5.74) is 1.35. The van der Waals surface area contributed by atoms with Gasteiger partial charge in [-0.25, -0.2) is 0 Å². The second kappa shape index (κ2) is 7.20. The van der Waals surface area contributed by atoms with E-state index in [0.717, 1.165) is 5.56 Å². The molecule has 1 aromatic carbocycles. The van der Waals surface area contributed by atoms with Crippen molar-refractivity contribution in [1.29, 1.82) is 5.26 Å². The standard InChI is InChI=1S/C16H20F3N3O/c1-22-10-13(4-6-15(22)16(17,18)19)21-9-11-3-5-14(23-2)12(7-11)8-20/h3,5,7,13,15,21H,4,6,9-10H2,1-2H3. The Morgan fingerprint density at radius 1 is 1.39 bits per heavy atom. The maximum Gasteiger partial charge on any atom is 0.404 e. The topological polar surface area (TPSA) is 48.3 Å². The van der Waals surface area contributed by atoms with Crippen LogP contribution in [0.3, 0.4) is 0 Å². The van der Waals surface area contributed by atoms with E-state index < -0.39 is 12.2 Å². The predicted octanol–water partition coefficient (Wildman–Crippen LogP) is 2.68. The van der Waals surface area contributed by atoms with E-state index in [9.17, 15) is 13.2 Å². The zero-order chi connectivity index (χ0) is 17.0. The molecule has 0 bridgehead atoms. The second-order valence-corrected chi connectivity index (χ2v) is 5.80. The second-order valence-electron chi connectivity index (χ2n) is 5.80. The molecule has 2 unspecified atom stereocenters. The van der Waals surface area contributed by atoms with Crippen LogP contribution in [0, 0.1) is 11.3 Å². The number of hydrogen-bond donors (Lipinski definition) is 1. The summed E-state index contributed by atoms with van der Waals surface area (Å²) in [5, 5.41) is 12.3. The predicted molar refractivity (Wildman–Crippen MR) is 80.0 cm³/mol. The summed E-state index contributed by atoms with van der Waals surface area (Å²) in [6.07, 6.45) is -3.59. The minimum Gasteiger partial charge on any atom is -0.495 e. The van der Waals surface area contributed by atoms with Gasteiger partial charge in [0.05, 0.1) is 12.7 Å². The molecule has 0 spiro atoms. The highest BCUT2D eigenvalue weighted by atomic mass is 19.4. The molecular formula is C16H20F3N3O. The Hall–Kier alpha value is -1.78. The van der Waals surface area contributed by atoms with Gasteiger partial charge in [-0.2, -0.15) is 18.4 Å². The Morgan fingerprint density at radius 3 is 2.70 bits per heavy atom. The minimum absolute atomic E-state index is 0.00578. The van der Waals surface area contributed by atoms with Gasteiger partial charge in [-0.05, 0) is 37.6 Å². The number of nitrogens with one attached hydrogen (secondary N) is 1. The number of halogens is 3. The zero-order valence-corrected chi connectivity index (χ0v) is 13.2. The molecule has 2 atom stereocenters. The molecule has 0 aromatic heterocycles. The quantitative estimate of drug-likeness (QED) is 0.924. The number of ether oxygens (including phenoxy) is 1. The fourth-order valence-electron chi connectivity index (χ4n) is 2.94. The van der Waals surface area contributed by atoms with Crippen molar-refractivity contribution in [1.82, 2.24) is 10.2 Å². The summed E-state index contributed by atoms with van der Waals surface area (Å²) in [4.78, 5) is 1.36. The van der Waals surface area contributed by atoms with Gasteiger partial charge in [0.2, 0.25) is 0 Å². The lowest BCUT2D eigenvalue weighted by Crippen LogP contribution is -2.53. The van der Waals surface area contributed by atoms with Crippen LogP contribution in [-0.2, 0) is 6.54 Å². The Kier molecular flexibility index (Phi) is 5.50. The maximum absolute atomic E-state index is 12.8. The number of rotatable bonds is 4. The van der Waals surface area contributed by atoms with Crippen molar-refractivity contribution >= 4 is 0 Å². The van der Waals surface area contributed by atoms with Gasteiger partial charge in [0.15, 0.2) is 0 Å². The molecule has 1 aliphatic rings. The molecule has 0 radical (unpaired) electrons. The monoisotopic (exact) mass is 327 g/mol. The minimum atomic E-state index is -4.17. The smallest absolute Gasteiger partial charge is 0.404 e. The van der Waals surface area contributed by atoms with Crippen LogP contribution in [0.4, 0.5) is 13.2 Å². The first kappa shape index (κ1) is 17.6. The maximum atomic E-state index is 12.8. The summed E-state index contributed by atoms with van der Waals surface area (Å²) < 4.78 is 43.5. The number of alkyl halides is 3. The fraction of sp³-hybridized carbons (Fsp3) is 0.562. The molecule has 0 amide bonds. The Labute approximate surface area is 133 Å². The molecule has 4 nitrogen and oxygen atoms in total. The van der Waals surface area contributed by atoms with Gasteiger partial charge in [-0.15, -0.1) is 0 Å². The highest BCUT2D eigenvalue weighted by Crippen LogP contribution is 2.31. The molecule has 0 aliphatic carbocycles. The fourth-order valence-corrected chi connectivity index (χ4v) is 2.94. The normalized spacial score (nSPS) is 22.6. The van der Waals surface area contributed by atoms with Crippen molar-refractivity contribution in [2.75, 3.05) is 20.7 Å². The van der Waals surface area contributed by atoms with Crippen LogP contribution >= 0.6 is 0 Å². The van der Waals surface area contributed by atoms with Crippen LogP contribution in [-0.4, -0.2) is 43.9 Å². The van der Waals surface area contributed by atoms with Crippen LogP contribution in [0.5, 0.6) is 5.75 Å². The van der Waals surface area contributed by atoms with Crippen LogP contribution in [0.2, 0.25) is 0 Å². The molecule has 2 rings (SSSR count). The molecule has 7 heteroatoms. The summed E-state index contributed by atoms with van der Waals surface area (Å²) in [6.45, 7) is 0.860. The van der Waals surface area contributed by atoms with Gasteiger partial charge in [0, 0.05) is 19.1 Å². The van der Waals surface area contributed by atoms with E-state index in [0.29, 0.717) is 30.8 Å². The lowest BCUT2D eigenvalue weighted by atomic mass is 9.98. The van der Waals surface area contributed by atoms with E-state index in [1.165, 1.54) is 19.1 Å².